The van der Waals surface area contributed by atoms with Crippen molar-refractivity contribution in [2.24, 2.45) is 0 Å². The number of rotatable bonds is 5. The summed E-state index contributed by atoms with van der Waals surface area (Å²) in [5, 5.41) is 3.34. The number of nitrogens with two attached hydrogens (primary N) is 1. The van der Waals surface area contributed by atoms with Gasteiger partial charge in [0.2, 0.25) is 0 Å². The molecule has 3 N–H and O–H groups in total. The van der Waals surface area contributed by atoms with Gasteiger partial charge in [-0.15, -0.1) is 0 Å². The molecule has 0 aromatic heterocycles. The van der Waals surface area contributed by atoms with E-state index in [0.29, 0.717) is 23.9 Å². The molecule has 1 aromatic carbocycles. The largest absolute Gasteiger partial charge is 0.460 e. The first kappa shape index (κ1) is 14.5. The Labute approximate surface area is 109 Å². The number of carbonyl (C=O) groups is 1. The fourth-order valence-electron chi connectivity index (χ4n) is 1.77. The van der Waals surface area contributed by atoms with Gasteiger partial charge in [-0.1, -0.05) is 13.8 Å². The smallest absolute Gasteiger partial charge is 0.338 e. The van der Waals surface area contributed by atoms with E-state index in [1.807, 2.05) is 13.8 Å². The van der Waals surface area contributed by atoms with Crippen molar-refractivity contribution in [3.8, 4) is 0 Å². The quantitative estimate of drug-likeness (QED) is 0.621. The molecule has 0 saturated heterocycles. The third kappa shape index (κ3) is 4.75. The molecule has 0 aliphatic carbocycles. The summed E-state index contributed by atoms with van der Waals surface area (Å²) in [4.78, 5) is 11.8. The first-order valence-corrected chi connectivity index (χ1v) is 6.10. The number of nitrogen functional groups attached to an aromatic ring is 1. The van der Waals surface area contributed by atoms with E-state index < -0.39 is 0 Å². The molecule has 1 rings (SSSR count). The standard InChI is InChI=1S/C14H22N2O2/c1-10(2)16-14(3,4)9-18-13(17)11-5-7-12(15)8-6-11/h5-8,10,16H,9,15H2,1-4H3. The van der Waals surface area contributed by atoms with Gasteiger partial charge in [-0.25, -0.2) is 4.79 Å². The van der Waals surface area contributed by atoms with Crippen molar-refractivity contribution in [3.63, 3.8) is 0 Å². The van der Waals surface area contributed by atoms with E-state index in [4.69, 9.17) is 10.5 Å². The van der Waals surface area contributed by atoms with Crippen LogP contribution in [-0.4, -0.2) is 24.2 Å². The van der Waals surface area contributed by atoms with E-state index in [-0.39, 0.29) is 11.5 Å². The molecule has 0 heterocycles. The zero-order chi connectivity index (χ0) is 13.8. The van der Waals surface area contributed by atoms with Gasteiger partial charge in [-0.2, -0.15) is 0 Å². The number of hydrogen-bond donors (Lipinski definition) is 2. The zero-order valence-electron chi connectivity index (χ0n) is 11.5. The molecule has 0 unspecified atom stereocenters. The van der Waals surface area contributed by atoms with Crippen molar-refractivity contribution in [1.29, 1.82) is 0 Å². The molecule has 18 heavy (non-hydrogen) atoms. The second-order valence-corrected chi connectivity index (χ2v) is 5.38. The summed E-state index contributed by atoms with van der Waals surface area (Å²) in [5.74, 6) is -0.325. The molecule has 0 aliphatic rings. The van der Waals surface area contributed by atoms with Crippen LogP contribution in [-0.2, 0) is 4.74 Å². The highest BCUT2D eigenvalue weighted by atomic mass is 16.5. The van der Waals surface area contributed by atoms with Gasteiger partial charge in [0.1, 0.15) is 6.61 Å². The van der Waals surface area contributed by atoms with Crippen LogP contribution in [0, 0.1) is 0 Å². The van der Waals surface area contributed by atoms with Crippen molar-refractivity contribution in [2.45, 2.75) is 39.3 Å². The lowest BCUT2D eigenvalue weighted by Crippen LogP contribution is -2.47. The predicted molar refractivity (Wildman–Crippen MR) is 73.5 cm³/mol. The Hall–Kier alpha value is -1.55. The molecule has 4 heteroatoms. The van der Waals surface area contributed by atoms with Crippen LogP contribution in [0.25, 0.3) is 0 Å². The van der Waals surface area contributed by atoms with Crippen molar-refractivity contribution in [3.05, 3.63) is 29.8 Å². The molecule has 100 valence electrons. The van der Waals surface area contributed by atoms with E-state index in [2.05, 4.69) is 19.2 Å². The Bertz CT molecular complexity index is 397. The molecule has 0 saturated carbocycles. The normalized spacial score (nSPS) is 11.6. The highest BCUT2D eigenvalue weighted by Crippen LogP contribution is 2.10. The van der Waals surface area contributed by atoms with Gasteiger partial charge in [0.25, 0.3) is 0 Å². The SMILES string of the molecule is CC(C)NC(C)(C)COC(=O)c1ccc(N)cc1. The molecule has 1 aromatic rings. The van der Waals surface area contributed by atoms with Crippen LogP contribution in [0.2, 0.25) is 0 Å². The molecule has 0 bridgehead atoms. The maximum atomic E-state index is 11.8. The van der Waals surface area contributed by atoms with Gasteiger partial charge in [0, 0.05) is 17.3 Å². The summed E-state index contributed by atoms with van der Waals surface area (Å²) in [6.07, 6.45) is 0. The van der Waals surface area contributed by atoms with E-state index in [9.17, 15) is 4.79 Å². The first-order chi connectivity index (χ1) is 8.30. The van der Waals surface area contributed by atoms with Crippen LogP contribution < -0.4 is 11.1 Å². The lowest BCUT2D eigenvalue weighted by atomic mass is 10.1. The Morgan fingerprint density at radius 1 is 1.33 bits per heavy atom. The lowest BCUT2D eigenvalue weighted by molar-refractivity contribution is 0.0392. The minimum atomic E-state index is -0.325. The van der Waals surface area contributed by atoms with Crippen LogP contribution in [0.3, 0.4) is 0 Å². The Balaban J connectivity index is 2.53. The Morgan fingerprint density at radius 2 is 1.89 bits per heavy atom. The highest BCUT2D eigenvalue weighted by Gasteiger charge is 2.21. The Kier molecular flexibility index (Phi) is 4.73. The van der Waals surface area contributed by atoms with Gasteiger partial charge in [-0.3, -0.25) is 0 Å². The van der Waals surface area contributed by atoms with Crippen molar-refractivity contribution < 1.29 is 9.53 Å². The van der Waals surface area contributed by atoms with Crippen LogP contribution in [0.1, 0.15) is 38.1 Å². The molecular weight excluding hydrogens is 228 g/mol. The Morgan fingerprint density at radius 3 is 2.39 bits per heavy atom. The summed E-state index contributed by atoms with van der Waals surface area (Å²) < 4.78 is 5.29. The number of esters is 1. The van der Waals surface area contributed by atoms with Crippen molar-refractivity contribution >= 4 is 11.7 Å². The average Bonchev–Trinajstić information content (AvgIpc) is 2.25. The van der Waals surface area contributed by atoms with Crippen LogP contribution >= 0.6 is 0 Å². The van der Waals surface area contributed by atoms with Crippen LogP contribution in [0.5, 0.6) is 0 Å². The minimum absolute atomic E-state index is 0.238. The van der Waals surface area contributed by atoms with Gasteiger partial charge >= 0.3 is 5.97 Å². The lowest BCUT2D eigenvalue weighted by Gasteiger charge is -2.28. The van der Waals surface area contributed by atoms with Crippen LogP contribution in [0.15, 0.2) is 24.3 Å². The van der Waals surface area contributed by atoms with Crippen LogP contribution in [0.4, 0.5) is 5.69 Å². The molecular formula is C14H22N2O2. The maximum absolute atomic E-state index is 11.8. The molecule has 0 aliphatic heterocycles. The summed E-state index contributed by atoms with van der Waals surface area (Å²) in [6, 6.07) is 7.05. The van der Waals surface area contributed by atoms with Gasteiger partial charge in [0.05, 0.1) is 5.56 Å². The number of ether oxygens (including phenoxy) is 1. The van der Waals surface area contributed by atoms with E-state index in [1.165, 1.54) is 0 Å². The number of anilines is 1. The van der Waals surface area contributed by atoms with Crippen molar-refractivity contribution in [2.75, 3.05) is 12.3 Å². The van der Waals surface area contributed by atoms with Gasteiger partial charge in [-0.05, 0) is 38.1 Å². The van der Waals surface area contributed by atoms with Crippen molar-refractivity contribution in [1.82, 2.24) is 5.32 Å². The second kappa shape index (κ2) is 5.87. The summed E-state index contributed by atoms with van der Waals surface area (Å²) in [5.41, 5.74) is 6.48. The average molecular weight is 250 g/mol. The summed E-state index contributed by atoms with van der Waals surface area (Å²) >= 11 is 0. The number of carbonyl (C=O) groups excluding carboxylic acids is 1. The topological polar surface area (TPSA) is 64.3 Å². The number of benzene rings is 1. The third-order valence-corrected chi connectivity index (χ3v) is 2.39. The molecule has 0 amide bonds. The summed E-state index contributed by atoms with van der Waals surface area (Å²) in [7, 11) is 0. The molecule has 0 fully saturated rings. The maximum Gasteiger partial charge on any atom is 0.338 e. The number of nitrogens with one attached hydrogen (secondary N) is 1. The summed E-state index contributed by atoms with van der Waals surface area (Å²) in [6.45, 7) is 8.45. The zero-order valence-corrected chi connectivity index (χ0v) is 11.5. The fraction of sp³-hybridized carbons (Fsp3) is 0.500. The van der Waals surface area contributed by atoms with E-state index in [0.717, 1.165) is 0 Å². The number of hydrogen-bond acceptors (Lipinski definition) is 4. The van der Waals surface area contributed by atoms with Gasteiger partial charge in [0.15, 0.2) is 0 Å². The first-order valence-electron chi connectivity index (χ1n) is 6.10. The molecule has 0 radical (unpaired) electrons. The monoisotopic (exact) mass is 250 g/mol. The second-order valence-electron chi connectivity index (χ2n) is 5.38. The molecule has 4 nitrogen and oxygen atoms in total. The third-order valence-electron chi connectivity index (χ3n) is 2.39. The minimum Gasteiger partial charge on any atom is -0.460 e. The fourth-order valence-corrected chi connectivity index (χ4v) is 1.77. The molecule has 0 atom stereocenters. The van der Waals surface area contributed by atoms with E-state index >= 15 is 0 Å². The van der Waals surface area contributed by atoms with E-state index in [1.54, 1.807) is 24.3 Å². The predicted octanol–water partition coefficient (Wildman–Crippen LogP) is 2.20. The molecule has 0 spiro atoms. The highest BCUT2D eigenvalue weighted by molar-refractivity contribution is 5.89. The van der Waals surface area contributed by atoms with Gasteiger partial charge < -0.3 is 15.8 Å².